The van der Waals surface area contributed by atoms with E-state index in [0.717, 1.165) is 107 Å². The second-order valence-electron chi connectivity index (χ2n) is 23.5. The van der Waals surface area contributed by atoms with Crippen LogP contribution in [0.4, 0.5) is 0 Å². The van der Waals surface area contributed by atoms with Gasteiger partial charge >= 0.3 is 0 Å². The Labute approximate surface area is 414 Å². The first kappa shape index (κ1) is 53.9. The number of nitrogens with zero attached hydrogens (tertiary/aromatic N) is 1. The second kappa shape index (κ2) is 21.5. The third-order valence-electron chi connectivity index (χ3n) is 20.1. The number of benzene rings is 2. The minimum Gasteiger partial charge on any atom is -0.497 e. The molecule has 16 atom stereocenters. The van der Waals surface area contributed by atoms with Crippen LogP contribution in [0.3, 0.4) is 0 Å². The Morgan fingerprint density at radius 1 is 0.582 bits per heavy atom. The van der Waals surface area contributed by atoms with Crippen LogP contribution in [0.1, 0.15) is 168 Å². The van der Waals surface area contributed by atoms with E-state index in [0.29, 0.717) is 17.6 Å². The SMILES string of the molecule is C.C.CON(C)C(=O)[C@H]1CC[C@H]2[C@@H]3CC[C@@H]4C[C@](C)(O)CC[C@@H]4[C@H]3CC[C@]12C.COc1cccc(Br)c1.COc1cccc(C(=O)[C@H]2CC[C@H]3[C@@H]4CC[C@@H]5C[C@](C)(O)CC[C@@H]5[C@H]4CC[C@]23C)c1. The summed E-state index contributed by atoms with van der Waals surface area (Å²) >= 11 is 3.32. The summed E-state index contributed by atoms with van der Waals surface area (Å²) in [5.74, 6) is 10.1. The highest BCUT2D eigenvalue weighted by atomic mass is 79.9. The van der Waals surface area contributed by atoms with Gasteiger partial charge in [-0.1, -0.05) is 62.8 Å². The summed E-state index contributed by atoms with van der Waals surface area (Å²) in [6.45, 7) is 8.90. The molecular weight excluding hydrogens is 903 g/mol. The van der Waals surface area contributed by atoms with Crippen molar-refractivity contribution in [2.75, 3.05) is 28.4 Å². The van der Waals surface area contributed by atoms with Crippen molar-refractivity contribution in [1.82, 2.24) is 5.06 Å². The van der Waals surface area contributed by atoms with E-state index in [4.69, 9.17) is 14.3 Å². The van der Waals surface area contributed by atoms with Gasteiger partial charge in [-0.15, -0.1) is 0 Å². The van der Waals surface area contributed by atoms with Crippen molar-refractivity contribution in [3.05, 3.63) is 58.6 Å². The Kier molecular flexibility index (Phi) is 17.3. The number of hydrogen-bond acceptors (Lipinski definition) is 7. The molecule has 0 aliphatic heterocycles. The molecule has 1 amide bonds. The molecule has 8 fully saturated rings. The predicted molar refractivity (Wildman–Crippen MR) is 274 cm³/mol. The van der Waals surface area contributed by atoms with E-state index < -0.39 is 11.2 Å². The minimum atomic E-state index is -0.446. The fourth-order valence-corrected chi connectivity index (χ4v) is 17.3. The van der Waals surface area contributed by atoms with Crippen LogP contribution < -0.4 is 9.47 Å². The van der Waals surface area contributed by atoms with Crippen molar-refractivity contribution in [2.45, 2.75) is 169 Å². The first-order valence-electron chi connectivity index (χ1n) is 25.7. The number of carbonyl (C=O) groups excluding carboxylic acids is 2. The molecule has 0 radical (unpaired) electrons. The van der Waals surface area contributed by atoms with Crippen LogP contribution in [-0.4, -0.2) is 66.5 Å². The molecule has 0 bridgehead atoms. The molecule has 9 heteroatoms. The summed E-state index contributed by atoms with van der Waals surface area (Å²) in [4.78, 5) is 31.6. The van der Waals surface area contributed by atoms with Gasteiger partial charge in [0, 0.05) is 28.9 Å². The number of carbonyl (C=O) groups is 2. The van der Waals surface area contributed by atoms with Gasteiger partial charge in [0.1, 0.15) is 11.5 Å². The lowest BCUT2D eigenvalue weighted by molar-refractivity contribution is -0.180. The van der Waals surface area contributed by atoms with Gasteiger partial charge in [0.05, 0.1) is 32.5 Å². The number of ether oxygens (including phenoxy) is 2. The summed E-state index contributed by atoms with van der Waals surface area (Å²) in [7, 11) is 6.66. The fraction of sp³-hybridized carbons (Fsp3) is 0.759. The number of methoxy groups -OCH3 is 2. The molecule has 10 rings (SSSR count). The van der Waals surface area contributed by atoms with E-state index in [1.165, 1.54) is 82.1 Å². The van der Waals surface area contributed by atoms with Crippen LogP contribution in [0.2, 0.25) is 0 Å². The van der Waals surface area contributed by atoms with E-state index in [9.17, 15) is 19.8 Å². The van der Waals surface area contributed by atoms with Gasteiger partial charge in [-0.25, -0.2) is 5.06 Å². The summed E-state index contributed by atoms with van der Waals surface area (Å²) < 4.78 is 11.4. The van der Waals surface area contributed by atoms with Crippen molar-refractivity contribution >= 4 is 27.6 Å². The van der Waals surface area contributed by atoms with Crippen molar-refractivity contribution in [2.24, 2.45) is 81.8 Å². The molecule has 8 nitrogen and oxygen atoms in total. The normalized spacial score (nSPS) is 41.1. The van der Waals surface area contributed by atoms with Gasteiger partial charge in [0.15, 0.2) is 5.78 Å². The third kappa shape index (κ3) is 10.8. The molecule has 376 valence electrons. The Balaban J connectivity index is 0.000000183. The van der Waals surface area contributed by atoms with E-state index in [-0.39, 0.29) is 43.4 Å². The number of aliphatic hydroxyl groups is 2. The largest absolute Gasteiger partial charge is 0.497 e. The zero-order valence-corrected chi connectivity index (χ0v) is 42.6. The van der Waals surface area contributed by atoms with Gasteiger partial charge < -0.3 is 19.7 Å². The molecule has 2 aromatic rings. The standard InChI is InChI=1S/C27H38O3.C22H37NO3.C7H7BrO.2CH4/c1-26(29)13-11-20-18(16-26)7-8-22-21(20)12-14-27(2)23(22)9-10-24(27)25(28)17-5-4-6-19(15-17)30-3;1-21(25)11-9-15-14(13-21)5-6-17-16(15)10-12-22(2)18(17)7-8-19(22)20(24)23(3)26-4;1-9-7-4-2-3-6(8)5-7;;/h4-6,15,18,20-24,29H,7-14,16H2,1-3H3;14-19,25H,5-13H2,1-4H3;2-5H,1H3;2*1H4/t18-,20+,21-,22-,23+,24-,26-,27+;14-,15+,16-,17-,18+,19-,21-,22+;;;/m11.../s1. The highest BCUT2D eigenvalue weighted by Gasteiger charge is 2.61. The van der Waals surface area contributed by atoms with Gasteiger partial charge in [0.25, 0.3) is 0 Å². The lowest BCUT2D eigenvalue weighted by atomic mass is 9.49. The van der Waals surface area contributed by atoms with Gasteiger partial charge in [-0.3, -0.25) is 14.4 Å². The second-order valence-corrected chi connectivity index (χ2v) is 24.4. The van der Waals surface area contributed by atoms with Crippen LogP contribution >= 0.6 is 15.9 Å². The van der Waals surface area contributed by atoms with E-state index in [1.807, 2.05) is 62.4 Å². The van der Waals surface area contributed by atoms with Crippen LogP contribution in [0.25, 0.3) is 0 Å². The highest BCUT2D eigenvalue weighted by Crippen LogP contribution is 2.66. The summed E-state index contributed by atoms with van der Waals surface area (Å²) in [6.07, 6.45) is 21.0. The average molecular weight is 993 g/mol. The van der Waals surface area contributed by atoms with Gasteiger partial charge in [-0.2, -0.15) is 0 Å². The van der Waals surface area contributed by atoms with Crippen LogP contribution in [0.15, 0.2) is 53.0 Å². The molecule has 0 spiro atoms. The summed E-state index contributed by atoms with van der Waals surface area (Å²) in [5, 5.41) is 22.6. The maximum absolute atomic E-state index is 13.6. The Morgan fingerprint density at radius 2 is 1.04 bits per heavy atom. The van der Waals surface area contributed by atoms with Crippen LogP contribution in [0, 0.1) is 81.8 Å². The third-order valence-corrected chi connectivity index (χ3v) is 20.6. The molecule has 2 N–H and O–H groups in total. The lowest BCUT2D eigenvalue weighted by Crippen LogP contribution is -2.51. The Bertz CT molecular complexity index is 1990. The van der Waals surface area contributed by atoms with Crippen molar-refractivity contribution in [3.63, 3.8) is 0 Å². The number of hydrogen-bond donors (Lipinski definition) is 2. The maximum Gasteiger partial charge on any atom is 0.249 e. The van der Waals surface area contributed by atoms with E-state index in [1.54, 1.807) is 28.4 Å². The summed E-state index contributed by atoms with van der Waals surface area (Å²) in [5.41, 5.74) is 0.236. The Morgan fingerprint density at radius 3 is 1.52 bits per heavy atom. The molecule has 0 saturated heterocycles. The predicted octanol–water partition coefficient (Wildman–Crippen LogP) is 13.7. The molecule has 0 aromatic heterocycles. The number of Topliss-reactive ketones (excluding diaryl/α,β-unsaturated/α-hetero) is 1. The van der Waals surface area contributed by atoms with Crippen molar-refractivity contribution in [3.8, 4) is 11.5 Å². The fourth-order valence-electron chi connectivity index (χ4n) is 16.9. The maximum atomic E-state index is 13.6. The highest BCUT2D eigenvalue weighted by molar-refractivity contribution is 9.10. The zero-order chi connectivity index (χ0) is 46.5. The lowest BCUT2D eigenvalue weighted by Gasteiger charge is -2.56. The van der Waals surface area contributed by atoms with Gasteiger partial charge in [-0.05, 0) is 230 Å². The van der Waals surface area contributed by atoms with E-state index >= 15 is 0 Å². The zero-order valence-electron chi connectivity index (χ0n) is 41.0. The molecule has 2 aromatic carbocycles. The van der Waals surface area contributed by atoms with Gasteiger partial charge in [0.2, 0.25) is 5.91 Å². The number of halogens is 1. The van der Waals surface area contributed by atoms with E-state index in [2.05, 4.69) is 29.8 Å². The topological polar surface area (TPSA) is 106 Å². The number of fused-ring (bicyclic) bond motifs is 10. The number of amides is 1. The first-order valence-corrected chi connectivity index (χ1v) is 26.5. The summed E-state index contributed by atoms with van der Waals surface area (Å²) in [6, 6.07) is 15.5. The minimum absolute atomic E-state index is 0. The number of hydroxylamine groups is 2. The molecule has 0 unspecified atom stereocenters. The molecular formula is C58H90BrNO7. The van der Waals surface area contributed by atoms with Crippen molar-refractivity contribution < 1.29 is 34.1 Å². The molecule has 8 saturated carbocycles. The van der Waals surface area contributed by atoms with Crippen LogP contribution in [-0.2, 0) is 9.63 Å². The van der Waals surface area contributed by atoms with Crippen molar-refractivity contribution in [1.29, 1.82) is 0 Å². The number of rotatable bonds is 6. The Hall–Kier alpha value is -2.46. The molecule has 0 heterocycles. The van der Waals surface area contributed by atoms with Crippen LogP contribution in [0.5, 0.6) is 11.5 Å². The first-order chi connectivity index (χ1) is 30.9. The molecule has 8 aliphatic carbocycles. The smallest absolute Gasteiger partial charge is 0.249 e. The number of ketones is 1. The molecule has 8 aliphatic rings. The monoisotopic (exact) mass is 992 g/mol. The quantitative estimate of drug-likeness (QED) is 0.219. The average Bonchev–Trinajstić information content (AvgIpc) is 3.84. The molecule has 67 heavy (non-hydrogen) atoms.